The second-order valence-corrected chi connectivity index (χ2v) is 9.25. The van der Waals surface area contributed by atoms with Crippen molar-refractivity contribution in [3.8, 4) is 0 Å². The summed E-state index contributed by atoms with van der Waals surface area (Å²) in [7, 11) is 0. The van der Waals surface area contributed by atoms with E-state index in [4.69, 9.17) is 16.3 Å². The van der Waals surface area contributed by atoms with Crippen molar-refractivity contribution < 1.29 is 19.1 Å². The molecular weight excluding hydrogens is 460 g/mol. The van der Waals surface area contributed by atoms with E-state index in [-0.39, 0.29) is 30.0 Å². The number of thioether (sulfide) groups is 1. The van der Waals surface area contributed by atoms with Crippen LogP contribution in [0.1, 0.15) is 35.5 Å². The quantitative estimate of drug-likeness (QED) is 0.371. The SMILES string of the molecule is CCOC(=O)c1ccc(NC(=O)[C@@H]2CC(=O)N/C(=N\N=C(/C)c3ccc(Cl)s3)S2)cc1. The van der Waals surface area contributed by atoms with Crippen molar-refractivity contribution in [2.45, 2.75) is 25.5 Å². The van der Waals surface area contributed by atoms with Gasteiger partial charge in [-0.2, -0.15) is 5.10 Å². The smallest absolute Gasteiger partial charge is 0.338 e. The lowest BCUT2D eigenvalue weighted by Gasteiger charge is -2.21. The molecule has 0 saturated carbocycles. The first-order chi connectivity index (χ1) is 14.9. The van der Waals surface area contributed by atoms with Gasteiger partial charge in [0, 0.05) is 12.1 Å². The monoisotopic (exact) mass is 478 g/mol. The number of ether oxygens (including phenoxy) is 1. The van der Waals surface area contributed by atoms with Gasteiger partial charge in [-0.15, -0.1) is 16.4 Å². The van der Waals surface area contributed by atoms with Gasteiger partial charge in [0.25, 0.3) is 0 Å². The third-order valence-corrected chi connectivity index (χ3v) is 6.46. The van der Waals surface area contributed by atoms with Crippen molar-refractivity contribution in [2.75, 3.05) is 11.9 Å². The number of hydrogen-bond acceptors (Lipinski definition) is 8. The number of halogens is 1. The van der Waals surface area contributed by atoms with E-state index in [0.29, 0.717) is 21.3 Å². The van der Waals surface area contributed by atoms with E-state index in [1.54, 1.807) is 44.2 Å². The number of nitrogens with one attached hydrogen (secondary N) is 2. The fourth-order valence-electron chi connectivity index (χ4n) is 2.54. The zero-order valence-electron chi connectivity index (χ0n) is 16.7. The van der Waals surface area contributed by atoms with Crippen LogP contribution < -0.4 is 10.6 Å². The maximum Gasteiger partial charge on any atom is 0.338 e. The Hall–Kier alpha value is -2.69. The molecule has 1 atom stereocenters. The van der Waals surface area contributed by atoms with Crippen LogP contribution in [0.2, 0.25) is 4.34 Å². The minimum atomic E-state index is -0.663. The lowest BCUT2D eigenvalue weighted by atomic mass is 10.2. The summed E-state index contributed by atoms with van der Waals surface area (Å²) in [5.74, 6) is -1.09. The van der Waals surface area contributed by atoms with Gasteiger partial charge in [0.1, 0.15) is 5.25 Å². The minimum Gasteiger partial charge on any atom is -0.462 e. The zero-order chi connectivity index (χ0) is 22.4. The summed E-state index contributed by atoms with van der Waals surface area (Å²) in [6.07, 6.45) is 0.0136. The van der Waals surface area contributed by atoms with Gasteiger partial charge in [0.2, 0.25) is 11.8 Å². The average Bonchev–Trinajstić information content (AvgIpc) is 3.18. The topological polar surface area (TPSA) is 109 Å². The predicted octanol–water partition coefficient (Wildman–Crippen LogP) is 3.92. The van der Waals surface area contributed by atoms with Gasteiger partial charge < -0.3 is 15.4 Å². The van der Waals surface area contributed by atoms with Crippen LogP contribution in [0.5, 0.6) is 0 Å². The molecule has 1 aromatic carbocycles. The summed E-state index contributed by atoms with van der Waals surface area (Å²) in [6.45, 7) is 3.80. The summed E-state index contributed by atoms with van der Waals surface area (Å²) in [5, 5.41) is 13.2. The van der Waals surface area contributed by atoms with E-state index < -0.39 is 11.2 Å². The number of carbonyl (C=O) groups is 3. The van der Waals surface area contributed by atoms with Crippen LogP contribution in [-0.2, 0) is 14.3 Å². The Labute approximate surface area is 192 Å². The van der Waals surface area contributed by atoms with Crippen molar-refractivity contribution in [1.82, 2.24) is 5.32 Å². The van der Waals surface area contributed by atoms with Crippen LogP contribution in [0.15, 0.2) is 46.6 Å². The predicted molar refractivity (Wildman–Crippen MR) is 124 cm³/mol. The van der Waals surface area contributed by atoms with E-state index >= 15 is 0 Å². The Kier molecular flexibility index (Phi) is 7.83. The van der Waals surface area contributed by atoms with Crippen molar-refractivity contribution in [1.29, 1.82) is 0 Å². The fraction of sp³-hybridized carbons (Fsp3) is 0.250. The van der Waals surface area contributed by atoms with Gasteiger partial charge >= 0.3 is 5.97 Å². The standard InChI is InChI=1S/C20H19ClN4O4S2/c1-3-29-19(28)12-4-6-13(7-5-12)22-18(27)15-10-17(26)23-20(31-15)25-24-11(2)14-8-9-16(21)30-14/h4-9,15H,3,10H2,1-2H3,(H,22,27)(H,23,25,26)/b24-11+/t15-/m0/s1. The molecule has 3 rings (SSSR count). The van der Waals surface area contributed by atoms with Crippen LogP contribution in [0, 0.1) is 0 Å². The molecule has 1 aromatic heterocycles. The number of amidine groups is 1. The molecule has 0 spiro atoms. The van der Waals surface area contributed by atoms with Crippen molar-refractivity contribution in [3.63, 3.8) is 0 Å². The molecule has 2 heterocycles. The second kappa shape index (κ2) is 10.6. The molecule has 162 valence electrons. The molecule has 2 aromatic rings. The van der Waals surface area contributed by atoms with E-state index in [1.165, 1.54) is 11.3 Å². The summed E-state index contributed by atoms with van der Waals surface area (Å²) in [4.78, 5) is 37.2. The van der Waals surface area contributed by atoms with Gasteiger partial charge in [-0.1, -0.05) is 23.4 Å². The Morgan fingerprint density at radius 1 is 1.26 bits per heavy atom. The molecule has 0 unspecified atom stereocenters. The Bertz CT molecular complexity index is 1050. The van der Waals surface area contributed by atoms with E-state index in [1.807, 2.05) is 6.07 Å². The maximum atomic E-state index is 12.6. The number of nitrogens with zero attached hydrogens (tertiary/aromatic N) is 2. The summed E-state index contributed by atoms with van der Waals surface area (Å²) >= 11 is 8.43. The lowest BCUT2D eigenvalue weighted by molar-refractivity contribution is -0.123. The first kappa shape index (κ1) is 23.0. The normalized spacial score (nSPS) is 17.9. The van der Waals surface area contributed by atoms with E-state index in [9.17, 15) is 14.4 Å². The Morgan fingerprint density at radius 2 is 2.00 bits per heavy atom. The molecule has 1 fully saturated rings. The number of amides is 2. The highest BCUT2D eigenvalue weighted by Crippen LogP contribution is 2.24. The fourth-order valence-corrected chi connectivity index (χ4v) is 4.46. The van der Waals surface area contributed by atoms with Gasteiger partial charge in [0.05, 0.1) is 27.1 Å². The average molecular weight is 479 g/mol. The van der Waals surface area contributed by atoms with Crippen LogP contribution in [0.4, 0.5) is 5.69 Å². The second-order valence-electron chi connectivity index (χ2n) is 6.34. The molecule has 8 nitrogen and oxygen atoms in total. The maximum absolute atomic E-state index is 12.6. The van der Waals surface area contributed by atoms with E-state index in [0.717, 1.165) is 16.6 Å². The highest BCUT2D eigenvalue weighted by atomic mass is 35.5. The van der Waals surface area contributed by atoms with Crippen LogP contribution in [0.3, 0.4) is 0 Å². The minimum absolute atomic E-state index is 0.0136. The molecule has 31 heavy (non-hydrogen) atoms. The molecule has 0 bridgehead atoms. The molecular formula is C20H19ClN4O4S2. The third-order valence-electron chi connectivity index (χ3n) is 4.05. The van der Waals surface area contributed by atoms with Crippen molar-refractivity contribution >= 4 is 69.0 Å². The number of esters is 1. The van der Waals surface area contributed by atoms with E-state index in [2.05, 4.69) is 20.8 Å². The van der Waals surface area contributed by atoms with Gasteiger partial charge in [-0.3, -0.25) is 9.59 Å². The lowest BCUT2D eigenvalue weighted by Crippen LogP contribution is -2.41. The van der Waals surface area contributed by atoms with Gasteiger partial charge in [-0.05, 0) is 50.2 Å². The molecule has 2 amide bonds. The molecule has 2 N–H and O–H groups in total. The van der Waals surface area contributed by atoms with Crippen LogP contribution >= 0.6 is 34.7 Å². The summed E-state index contributed by atoms with van der Waals surface area (Å²) in [6, 6.07) is 9.94. The molecule has 0 aliphatic carbocycles. The Balaban J connectivity index is 1.64. The largest absolute Gasteiger partial charge is 0.462 e. The highest BCUT2D eigenvalue weighted by molar-refractivity contribution is 8.15. The third kappa shape index (κ3) is 6.39. The van der Waals surface area contributed by atoms with Gasteiger partial charge in [0.15, 0.2) is 5.17 Å². The number of thiophene rings is 1. The van der Waals surface area contributed by atoms with Crippen molar-refractivity contribution in [2.24, 2.45) is 10.2 Å². The molecule has 1 aliphatic rings. The highest BCUT2D eigenvalue weighted by Gasteiger charge is 2.30. The molecule has 11 heteroatoms. The number of benzene rings is 1. The zero-order valence-corrected chi connectivity index (χ0v) is 19.1. The number of hydrogen-bond donors (Lipinski definition) is 2. The van der Waals surface area contributed by atoms with Crippen LogP contribution in [0.25, 0.3) is 0 Å². The first-order valence-electron chi connectivity index (χ1n) is 9.28. The molecule has 1 saturated heterocycles. The number of carbonyl (C=O) groups excluding carboxylic acids is 3. The number of rotatable bonds is 6. The number of anilines is 1. The van der Waals surface area contributed by atoms with Crippen molar-refractivity contribution in [3.05, 3.63) is 51.2 Å². The molecule has 0 radical (unpaired) electrons. The van der Waals surface area contributed by atoms with Crippen LogP contribution in [-0.4, -0.2) is 40.5 Å². The molecule has 1 aliphatic heterocycles. The first-order valence-corrected chi connectivity index (χ1v) is 11.4. The summed E-state index contributed by atoms with van der Waals surface area (Å²) in [5.41, 5.74) is 1.54. The Morgan fingerprint density at radius 3 is 2.65 bits per heavy atom. The summed E-state index contributed by atoms with van der Waals surface area (Å²) < 4.78 is 5.58. The van der Waals surface area contributed by atoms with Gasteiger partial charge in [-0.25, -0.2) is 4.79 Å².